The van der Waals surface area contributed by atoms with Crippen molar-refractivity contribution in [2.45, 2.75) is 13.0 Å². The van der Waals surface area contributed by atoms with Crippen molar-refractivity contribution >= 4 is 27.3 Å². The van der Waals surface area contributed by atoms with Crippen molar-refractivity contribution in [3.8, 4) is 0 Å². The van der Waals surface area contributed by atoms with Crippen molar-refractivity contribution in [2.75, 3.05) is 11.1 Å². The first kappa shape index (κ1) is 13.8. The van der Waals surface area contributed by atoms with E-state index >= 15 is 0 Å². The largest absolute Gasteiger partial charge is 0.399 e. The molecule has 2 aromatic rings. The molecule has 0 saturated heterocycles. The van der Waals surface area contributed by atoms with Gasteiger partial charge in [0.2, 0.25) is 0 Å². The van der Waals surface area contributed by atoms with Crippen LogP contribution >= 0.6 is 15.9 Å². The van der Waals surface area contributed by atoms with Gasteiger partial charge in [0.15, 0.2) is 11.6 Å². The molecular formula is C14H13BrF2N2. The number of hydrogen-bond acceptors (Lipinski definition) is 2. The Morgan fingerprint density at radius 2 is 1.63 bits per heavy atom. The number of halogens is 3. The Bertz CT molecular complexity index is 561. The number of hydrogen-bond donors (Lipinski definition) is 2. The number of nitrogens with one attached hydrogen (secondary N) is 1. The van der Waals surface area contributed by atoms with Gasteiger partial charge in [0, 0.05) is 16.2 Å². The third kappa shape index (κ3) is 3.23. The van der Waals surface area contributed by atoms with Gasteiger partial charge >= 0.3 is 0 Å². The molecule has 0 radical (unpaired) electrons. The lowest BCUT2D eigenvalue weighted by molar-refractivity contribution is 0.585. The predicted molar refractivity (Wildman–Crippen MR) is 77.0 cm³/mol. The molecule has 0 fully saturated rings. The van der Waals surface area contributed by atoms with E-state index in [4.69, 9.17) is 5.73 Å². The summed E-state index contributed by atoms with van der Waals surface area (Å²) < 4.78 is 28.3. The van der Waals surface area contributed by atoms with Crippen LogP contribution in [0.25, 0.3) is 0 Å². The van der Waals surface area contributed by atoms with Crippen molar-refractivity contribution in [1.82, 2.24) is 0 Å². The van der Waals surface area contributed by atoms with E-state index in [9.17, 15) is 8.78 Å². The summed E-state index contributed by atoms with van der Waals surface area (Å²) in [5.41, 5.74) is 6.21. The van der Waals surface area contributed by atoms with Gasteiger partial charge in [0.1, 0.15) is 5.69 Å². The second-order valence-electron chi connectivity index (χ2n) is 4.28. The summed E-state index contributed by atoms with van der Waals surface area (Å²) in [7, 11) is 0. The Morgan fingerprint density at radius 1 is 1.11 bits per heavy atom. The van der Waals surface area contributed by atoms with Crippen LogP contribution in [0.3, 0.4) is 0 Å². The second kappa shape index (κ2) is 5.57. The maximum absolute atomic E-state index is 13.7. The van der Waals surface area contributed by atoms with Gasteiger partial charge in [-0.15, -0.1) is 0 Å². The summed E-state index contributed by atoms with van der Waals surface area (Å²) in [5, 5.41) is 2.82. The molecular weight excluding hydrogens is 314 g/mol. The molecule has 0 aliphatic heterocycles. The minimum Gasteiger partial charge on any atom is -0.399 e. The molecule has 1 unspecified atom stereocenters. The van der Waals surface area contributed by atoms with Crippen LogP contribution in [0.1, 0.15) is 18.5 Å². The van der Waals surface area contributed by atoms with E-state index in [-0.39, 0.29) is 17.4 Å². The van der Waals surface area contributed by atoms with E-state index in [2.05, 4.69) is 21.2 Å². The van der Waals surface area contributed by atoms with Crippen molar-refractivity contribution < 1.29 is 8.78 Å². The molecule has 0 saturated carbocycles. The normalized spacial score (nSPS) is 12.2. The first-order valence-corrected chi connectivity index (χ1v) is 6.53. The topological polar surface area (TPSA) is 38.0 Å². The maximum atomic E-state index is 13.7. The van der Waals surface area contributed by atoms with E-state index in [0.717, 1.165) is 22.2 Å². The molecule has 0 heterocycles. The van der Waals surface area contributed by atoms with Crippen LogP contribution in [0, 0.1) is 11.6 Å². The van der Waals surface area contributed by atoms with Gasteiger partial charge in [-0.1, -0.05) is 28.1 Å². The second-order valence-corrected chi connectivity index (χ2v) is 5.19. The number of rotatable bonds is 3. The number of anilines is 2. The SMILES string of the molecule is CC(Nc1c(F)cc(N)cc1F)c1ccc(Br)cc1. The molecule has 0 aromatic heterocycles. The smallest absolute Gasteiger partial charge is 0.151 e. The Balaban J connectivity index is 2.24. The molecule has 0 aliphatic carbocycles. The van der Waals surface area contributed by atoms with Gasteiger partial charge in [-0.25, -0.2) is 8.78 Å². The van der Waals surface area contributed by atoms with Crippen LogP contribution in [0.15, 0.2) is 40.9 Å². The maximum Gasteiger partial charge on any atom is 0.151 e. The van der Waals surface area contributed by atoms with Crippen LogP contribution in [0.2, 0.25) is 0 Å². The molecule has 2 aromatic carbocycles. The fourth-order valence-electron chi connectivity index (χ4n) is 1.78. The zero-order valence-corrected chi connectivity index (χ0v) is 11.8. The Morgan fingerprint density at radius 3 is 2.16 bits per heavy atom. The average molecular weight is 327 g/mol. The zero-order chi connectivity index (χ0) is 14.0. The molecule has 19 heavy (non-hydrogen) atoms. The quantitative estimate of drug-likeness (QED) is 0.816. The number of nitrogen functional groups attached to an aromatic ring is 1. The van der Waals surface area contributed by atoms with Gasteiger partial charge in [0.25, 0.3) is 0 Å². The average Bonchev–Trinajstić information content (AvgIpc) is 2.34. The van der Waals surface area contributed by atoms with Crippen LogP contribution in [0.5, 0.6) is 0 Å². The lowest BCUT2D eigenvalue weighted by Crippen LogP contribution is -2.10. The highest BCUT2D eigenvalue weighted by Gasteiger charge is 2.13. The van der Waals surface area contributed by atoms with Crippen molar-refractivity contribution in [3.05, 3.63) is 58.1 Å². The van der Waals surface area contributed by atoms with Crippen molar-refractivity contribution in [1.29, 1.82) is 0 Å². The van der Waals surface area contributed by atoms with Gasteiger partial charge in [0.05, 0.1) is 0 Å². The summed E-state index contributed by atoms with van der Waals surface area (Å²) in [6, 6.07) is 9.50. The Kier molecular flexibility index (Phi) is 4.04. The first-order valence-electron chi connectivity index (χ1n) is 5.74. The lowest BCUT2D eigenvalue weighted by Gasteiger charge is -2.17. The highest BCUT2D eigenvalue weighted by atomic mass is 79.9. The molecule has 0 bridgehead atoms. The molecule has 0 amide bonds. The van der Waals surface area contributed by atoms with Crippen LogP contribution in [0.4, 0.5) is 20.2 Å². The monoisotopic (exact) mass is 326 g/mol. The molecule has 2 rings (SSSR count). The minimum absolute atomic E-state index is 0.0665. The molecule has 0 aliphatic rings. The first-order chi connectivity index (χ1) is 8.97. The summed E-state index contributed by atoms with van der Waals surface area (Å²) in [6.07, 6.45) is 0. The third-order valence-electron chi connectivity index (χ3n) is 2.80. The van der Waals surface area contributed by atoms with Gasteiger partial charge < -0.3 is 11.1 Å². The van der Waals surface area contributed by atoms with Gasteiger partial charge in [-0.3, -0.25) is 0 Å². The van der Waals surface area contributed by atoms with E-state index in [1.807, 2.05) is 31.2 Å². The van der Waals surface area contributed by atoms with E-state index in [0.29, 0.717) is 0 Å². The molecule has 5 heteroatoms. The number of benzene rings is 2. The Hall–Kier alpha value is -1.62. The summed E-state index contributed by atoms with van der Waals surface area (Å²) in [4.78, 5) is 0. The highest BCUT2D eigenvalue weighted by Crippen LogP contribution is 2.27. The summed E-state index contributed by atoms with van der Waals surface area (Å²) in [6.45, 7) is 1.83. The minimum atomic E-state index is -0.693. The highest BCUT2D eigenvalue weighted by molar-refractivity contribution is 9.10. The molecule has 1 atom stereocenters. The van der Waals surface area contributed by atoms with Crippen molar-refractivity contribution in [3.63, 3.8) is 0 Å². The fraction of sp³-hybridized carbons (Fsp3) is 0.143. The van der Waals surface area contributed by atoms with Crippen LogP contribution in [-0.2, 0) is 0 Å². The third-order valence-corrected chi connectivity index (χ3v) is 3.32. The standard InChI is InChI=1S/C14H13BrF2N2/c1-8(9-2-4-10(15)5-3-9)19-14-12(16)6-11(18)7-13(14)17/h2-8,19H,18H2,1H3. The molecule has 0 spiro atoms. The van der Waals surface area contributed by atoms with E-state index < -0.39 is 11.6 Å². The summed E-state index contributed by atoms with van der Waals surface area (Å²) >= 11 is 3.34. The fourth-order valence-corrected chi connectivity index (χ4v) is 2.05. The zero-order valence-electron chi connectivity index (χ0n) is 10.3. The van der Waals surface area contributed by atoms with Crippen molar-refractivity contribution in [2.24, 2.45) is 0 Å². The molecule has 100 valence electrons. The molecule has 2 nitrogen and oxygen atoms in total. The van der Waals surface area contributed by atoms with Gasteiger partial charge in [-0.05, 0) is 36.8 Å². The predicted octanol–water partition coefficient (Wildman–Crippen LogP) is 4.48. The van der Waals surface area contributed by atoms with E-state index in [1.54, 1.807) is 0 Å². The summed E-state index contributed by atoms with van der Waals surface area (Å²) in [5.74, 6) is -1.39. The lowest BCUT2D eigenvalue weighted by atomic mass is 10.1. The molecule has 3 N–H and O–H groups in total. The van der Waals surface area contributed by atoms with Gasteiger partial charge in [-0.2, -0.15) is 0 Å². The Labute approximate surface area is 118 Å². The van der Waals surface area contributed by atoms with E-state index in [1.165, 1.54) is 0 Å². The number of nitrogens with two attached hydrogens (primary N) is 1. The van der Waals surface area contributed by atoms with Crippen LogP contribution in [-0.4, -0.2) is 0 Å². The van der Waals surface area contributed by atoms with Crippen LogP contribution < -0.4 is 11.1 Å².